The van der Waals surface area contributed by atoms with Crippen molar-refractivity contribution in [1.29, 1.82) is 0 Å². The van der Waals surface area contributed by atoms with Crippen molar-refractivity contribution < 1.29 is 98.4 Å². The molecule has 13 heavy (non-hydrogen) atoms. The summed E-state index contributed by atoms with van der Waals surface area (Å²) in [7, 11) is -4.67. The van der Waals surface area contributed by atoms with Crippen LogP contribution >= 0.6 is 0 Å². The van der Waals surface area contributed by atoms with Crippen LogP contribution in [0.3, 0.4) is 0 Å². The second-order valence-corrected chi connectivity index (χ2v) is 1.34. The summed E-state index contributed by atoms with van der Waals surface area (Å²) in [6.07, 6.45) is 0. The van der Waals surface area contributed by atoms with Crippen molar-refractivity contribution in [3.8, 4) is 0 Å². The second kappa shape index (κ2) is 38.0. The van der Waals surface area contributed by atoms with Crippen LogP contribution in [0.15, 0.2) is 0 Å². The van der Waals surface area contributed by atoms with Gasteiger partial charge in [-0.3, -0.25) is 9.11 Å². The quantitative estimate of drug-likeness (QED) is 0.324. The molecule has 0 amide bonds. The van der Waals surface area contributed by atoms with Gasteiger partial charge in [-0.25, -0.2) is 0 Å². The molecule has 0 aromatic carbocycles. The van der Waals surface area contributed by atoms with Crippen LogP contribution in [-0.4, -0.2) is 50.4 Å². The maximum Gasteiger partial charge on any atom is 1.00 e. The molecule has 0 saturated heterocycles. The molecule has 0 unspecified atom stereocenters. The summed E-state index contributed by atoms with van der Waals surface area (Å²) in [5, 5.41) is 0. The van der Waals surface area contributed by atoms with E-state index >= 15 is 0 Å². The molecule has 0 spiro atoms. The van der Waals surface area contributed by atoms with E-state index in [-0.39, 0.29) is 80.9 Å². The van der Waals surface area contributed by atoms with Crippen LogP contribution in [0.4, 0.5) is 0 Å². The van der Waals surface area contributed by atoms with Crippen molar-refractivity contribution in [3.63, 3.8) is 0 Å². The summed E-state index contributed by atoms with van der Waals surface area (Å²) < 4.78 is 31.6. The standard InChI is InChI=1S/Fe.Na.H2O4S.6H2O.H/c;;1-5(2,3)4;;;;;;;/h;;(H2,1,2,3,4);6*1H2;/q;+1;;;;;;;;-1. The van der Waals surface area contributed by atoms with Gasteiger partial charge in [-0.15, -0.1) is 0 Å². The number of rotatable bonds is 0. The summed E-state index contributed by atoms with van der Waals surface area (Å²) in [6, 6.07) is 0. The Bertz CT molecular complexity index is 103. The molecule has 0 aliphatic rings. The zero-order valence-corrected chi connectivity index (χ0v) is 10.4. The topological polar surface area (TPSA) is 264 Å². The molecule has 0 fully saturated rings. The maximum absolute atomic E-state index is 8.74. The van der Waals surface area contributed by atoms with E-state index in [1.807, 2.05) is 0 Å². The zero-order valence-electron chi connectivity index (χ0n) is 7.47. The van der Waals surface area contributed by atoms with Gasteiger partial charge in [-0.05, 0) is 0 Å². The molecule has 0 aliphatic heterocycles. The maximum atomic E-state index is 8.74. The van der Waals surface area contributed by atoms with E-state index in [9.17, 15) is 0 Å². The fraction of sp³-hybridized carbons (Fsp3) is 0. The fourth-order valence-electron chi connectivity index (χ4n) is 0. The van der Waals surface area contributed by atoms with Crippen LogP contribution in [0.25, 0.3) is 0 Å². The number of hydrogen-bond donors (Lipinski definition) is 2. The van der Waals surface area contributed by atoms with Crippen molar-refractivity contribution in [1.82, 2.24) is 0 Å². The Balaban J connectivity index is -0.00000000222. The first-order valence-electron chi connectivity index (χ1n) is 0.698. The van der Waals surface area contributed by atoms with E-state index < -0.39 is 10.4 Å². The predicted molar refractivity (Wildman–Crippen MR) is 37.0 cm³/mol. The molecule has 0 atom stereocenters. The Morgan fingerprint density at radius 2 is 0.769 bits per heavy atom. The average Bonchev–Trinajstić information content (AvgIpc) is 0.722. The van der Waals surface area contributed by atoms with Gasteiger partial charge >= 0.3 is 40.0 Å². The van der Waals surface area contributed by atoms with Crippen molar-refractivity contribution in [3.05, 3.63) is 0 Å². The van der Waals surface area contributed by atoms with Crippen LogP contribution in [0.2, 0.25) is 0 Å². The van der Waals surface area contributed by atoms with E-state index in [0.717, 1.165) is 0 Å². The first-order chi connectivity index (χ1) is 2.00. The molecule has 0 rings (SSSR count). The third-order valence-electron chi connectivity index (χ3n) is 0. The van der Waals surface area contributed by atoms with Crippen LogP contribution in [0.1, 0.15) is 1.43 Å². The SMILES string of the molecule is O.O.O.O.O.O.O=S(=O)(O)O.[Fe].[H-].[Na+]. The molecule has 14 N–H and O–H groups in total. The minimum Gasteiger partial charge on any atom is -1.00 e. The van der Waals surface area contributed by atoms with E-state index in [2.05, 4.69) is 0 Å². The normalized spacial score (nSPS) is 4.46. The van der Waals surface area contributed by atoms with Gasteiger partial charge < -0.3 is 34.3 Å². The summed E-state index contributed by atoms with van der Waals surface area (Å²) >= 11 is 0. The Morgan fingerprint density at radius 3 is 0.769 bits per heavy atom. The summed E-state index contributed by atoms with van der Waals surface area (Å²) in [5.74, 6) is 0. The summed E-state index contributed by atoms with van der Waals surface area (Å²) in [6.45, 7) is 0. The average molecular weight is 286 g/mol. The minimum absolute atomic E-state index is 0. The first kappa shape index (κ1) is 92.3. The molecule has 0 radical (unpaired) electrons. The van der Waals surface area contributed by atoms with Gasteiger partial charge in [0.25, 0.3) is 0 Å². The smallest absolute Gasteiger partial charge is 1.00 e. The Kier molecular flexibility index (Phi) is 270. The monoisotopic (exact) mass is 286 g/mol. The van der Waals surface area contributed by atoms with E-state index in [1.54, 1.807) is 0 Å². The van der Waals surface area contributed by atoms with Crippen molar-refractivity contribution in [2.24, 2.45) is 0 Å². The van der Waals surface area contributed by atoms with Gasteiger partial charge in [0.15, 0.2) is 0 Å². The largest absolute Gasteiger partial charge is 1.00 e. The van der Waals surface area contributed by atoms with Gasteiger partial charge in [0, 0.05) is 17.1 Å². The second-order valence-electron chi connectivity index (χ2n) is 0.448. The van der Waals surface area contributed by atoms with Crippen LogP contribution in [-0.2, 0) is 27.5 Å². The molecule has 90 valence electrons. The molecular formula is H15FeNaO10S. The first-order valence-corrected chi connectivity index (χ1v) is 2.10. The van der Waals surface area contributed by atoms with Crippen LogP contribution < -0.4 is 29.6 Å². The molecule has 13 heteroatoms. The molecule has 0 aromatic heterocycles. The minimum atomic E-state index is -4.67. The van der Waals surface area contributed by atoms with Gasteiger partial charge in [0.05, 0.1) is 0 Å². The number of hydrogen-bond acceptors (Lipinski definition) is 2. The summed E-state index contributed by atoms with van der Waals surface area (Å²) in [4.78, 5) is 0. The molecule has 0 bridgehead atoms. The van der Waals surface area contributed by atoms with Gasteiger partial charge in [0.1, 0.15) is 0 Å². The van der Waals surface area contributed by atoms with Gasteiger partial charge in [-0.1, -0.05) is 0 Å². The van der Waals surface area contributed by atoms with Crippen molar-refractivity contribution in [2.75, 3.05) is 0 Å². The Labute approximate surface area is 108 Å². The molecular weight excluding hydrogens is 271 g/mol. The van der Waals surface area contributed by atoms with E-state index in [0.29, 0.717) is 0 Å². The third kappa shape index (κ3) is 1240. The molecule has 0 aromatic rings. The molecule has 0 heterocycles. The van der Waals surface area contributed by atoms with Crippen LogP contribution in [0.5, 0.6) is 0 Å². The van der Waals surface area contributed by atoms with Crippen molar-refractivity contribution in [2.45, 2.75) is 0 Å². The Hall–Kier alpha value is 1.15. The zero-order chi connectivity index (χ0) is 4.50. The molecule has 10 nitrogen and oxygen atoms in total. The third-order valence-corrected chi connectivity index (χ3v) is 0. The van der Waals surface area contributed by atoms with E-state index in [1.165, 1.54) is 0 Å². The predicted octanol–water partition coefficient (Wildman–Crippen LogP) is -8.49. The summed E-state index contributed by atoms with van der Waals surface area (Å²) in [5.41, 5.74) is 0. The van der Waals surface area contributed by atoms with E-state index in [4.69, 9.17) is 17.5 Å². The van der Waals surface area contributed by atoms with Gasteiger partial charge in [-0.2, -0.15) is 8.42 Å². The Morgan fingerprint density at radius 1 is 0.769 bits per heavy atom. The van der Waals surface area contributed by atoms with Gasteiger partial charge in [0.2, 0.25) is 0 Å². The molecule has 0 aliphatic carbocycles. The fourth-order valence-corrected chi connectivity index (χ4v) is 0. The van der Waals surface area contributed by atoms with Crippen LogP contribution in [0, 0.1) is 0 Å². The van der Waals surface area contributed by atoms with Crippen molar-refractivity contribution >= 4 is 10.4 Å². The molecule has 0 saturated carbocycles.